The summed E-state index contributed by atoms with van der Waals surface area (Å²) in [5, 5.41) is 0. The lowest BCUT2D eigenvalue weighted by Crippen LogP contribution is -2.38. The van der Waals surface area contributed by atoms with Gasteiger partial charge < -0.3 is 14.7 Å². The van der Waals surface area contributed by atoms with Crippen LogP contribution in [0.2, 0.25) is 0 Å². The Morgan fingerprint density at radius 2 is 0.637 bits per heavy atom. The van der Waals surface area contributed by atoms with Crippen molar-refractivity contribution in [2.45, 2.75) is 74.7 Å². The van der Waals surface area contributed by atoms with E-state index in [2.05, 4.69) is 321 Å². The highest BCUT2D eigenvalue weighted by Crippen LogP contribution is 2.59. The maximum absolute atomic E-state index is 2.48. The Kier molecular flexibility index (Phi) is 13.5. The fourth-order valence-corrected chi connectivity index (χ4v) is 12.6. The molecule has 1 aliphatic rings. The van der Waals surface area contributed by atoms with Crippen LogP contribution < -0.4 is 14.7 Å². The van der Waals surface area contributed by atoms with E-state index in [9.17, 15) is 0 Å². The average Bonchev–Trinajstić information content (AvgIpc) is 3.53. The van der Waals surface area contributed by atoms with Gasteiger partial charge in [-0.15, -0.1) is 0 Å². The Morgan fingerprint density at radius 3 is 1.06 bits per heavy atom. The van der Waals surface area contributed by atoms with Crippen LogP contribution >= 0.6 is 0 Å². The van der Waals surface area contributed by atoms with Crippen molar-refractivity contribution in [3.8, 4) is 22.3 Å². The van der Waals surface area contributed by atoms with Gasteiger partial charge in [0.25, 0.3) is 0 Å². The Labute approximate surface area is 474 Å². The third kappa shape index (κ3) is 8.88. The van der Waals surface area contributed by atoms with Gasteiger partial charge in [0, 0.05) is 28.4 Å². The summed E-state index contributed by atoms with van der Waals surface area (Å²) in [5.41, 5.74) is 31.9. The van der Waals surface area contributed by atoms with Crippen LogP contribution in [0.15, 0.2) is 237 Å². The van der Waals surface area contributed by atoms with Gasteiger partial charge in [-0.2, -0.15) is 0 Å². The molecule has 0 atom stereocenters. The van der Waals surface area contributed by atoms with Crippen LogP contribution in [0.1, 0.15) is 77.9 Å². The summed E-state index contributed by atoms with van der Waals surface area (Å²) < 4.78 is 0. The van der Waals surface area contributed by atoms with Crippen LogP contribution in [0.4, 0.5) is 51.2 Å². The van der Waals surface area contributed by atoms with Crippen LogP contribution in [0.5, 0.6) is 0 Å². The van der Waals surface area contributed by atoms with E-state index in [-0.39, 0.29) is 0 Å². The molecule has 0 bridgehead atoms. The van der Waals surface area contributed by atoms with Gasteiger partial charge in [-0.3, -0.25) is 0 Å². The SMILES string of the molecule is Cc1ccc(N2c3ccccc3C(c3ccc(N(c4ccc(-c5ccccc5)cc4)c4c(C)c(C)cc(C)c4C)cc3)(c3ccc(N(c4ccc(-c5ccccc5)cc4)c4c(C)c(C)cc(C)c4C)cc3)c3cc(C)ccc32)cc1. The second kappa shape index (κ2) is 20.9. The summed E-state index contributed by atoms with van der Waals surface area (Å²) in [6, 6.07) is 88.5. The Balaban J connectivity index is 1.08. The quantitative estimate of drug-likeness (QED) is 0.128. The van der Waals surface area contributed by atoms with Gasteiger partial charge in [-0.25, -0.2) is 0 Å². The van der Waals surface area contributed by atoms with Gasteiger partial charge in [0.2, 0.25) is 0 Å². The number of anilines is 9. The first-order valence-corrected chi connectivity index (χ1v) is 28.2. The zero-order valence-corrected chi connectivity index (χ0v) is 47.9. The molecule has 3 nitrogen and oxygen atoms in total. The number of fused-ring (bicyclic) bond motifs is 2. The molecular weight excluding hydrogens is 967 g/mol. The molecule has 3 heteroatoms. The Bertz CT molecular complexity index is 3820. The van der Waals surface area contributed by atoms with Gasteiger partial charge in [-0.05, 0) is 231 Å². The van der Waals surface area contributed by atoms with Crippen LogP contribution in [-0.4, -0.2) is 0 Å². The van der Waals surface area contributed by atoms with Gasteiger partial charge in [0.05, 0.1) is 28.2 Å². The largest absolute Gasteiger partial charge is 0.310 e. The highest BCUT2D eigenvalue weighted by molar-refractivity contribution is 5.91. The second-order valence-electron chi connectivity index (χ2n) is 22.3. The first kappa shape index (κ1) is 51.6. The summed E-state index contributed by atoms with van der Waals surface area (Å²) in [7, 11) is 0. The lowest BCUT2D eigenvalue weighted by molar-refractivity contribution is 0.730. The molecule has 0 aliphatic carbocycles. The molecule has 11 aromatic rings. The standard InChI is InChI=1S/C77H69N3/c1-50-25-36-70(37-26-50)80-73-24-18-17-23-71(73)77(72-47-51(2)27-46-74(72)80,64-32-42-68(43-33-64)78(75-56(7)52(3)48-53(4)57(75)8)66-38-28-62(29-39-66)60-19-13-11-14-20-60)65-34-44-69(45-35-65)79(76-58(9)54(5)49-55(6)59(76)10)67-40-30-63(31-41-67)61-21-15-12-16-22-61/h11-49H,1-10H3. The Hall–Kier alpha value is -9.18. The number of hydrogen-bond acceptors (Lipinski definition) is 3. The van der Waals surface area contributed by atoms with E-state index in [1.54, 1.807) is 0 Å². The van der Waals surface area contributed by atoms with Crippen LogP contribution in [-0.2, 0) is 5.41 Å². The molecule has 0 radical (unpaired) electrons. The first-order valence-electron chi connectivity index (χ1n) is 28.2. The molecule has 0 fully saturated rings. The summed E-state index contributed by atoms with van der Waals surface area (Å²) in [6.45, 7) is 22.5. The summed E-state index contributed by atoms with van der Waals surface area (Å²) in [4.78, 5) is 7.44. The molecule has 12 rings (SSSR count). The Morgan fingerprint density at radius 1 is 0.287 bits per heavy atom. The van der Waals surface area contributed by atoms with Crippen molar-refractivity contribution < 1.29 is 0 Å². The maximum atomic E-state index is 2.48. The average molecular weight is 1040 g/mol. The van der Waals surface area contributed by atoms with Crippen LogP contribution in [0.3, 0.4) is 0 Å². The number of para-hydroxylation sites is 1. The highest BCUT2D eigenvalue weighted by atomic mass is 15.2. The molecule has 0 amide bonds. The van der Waals surface area contributed by atoms with Crippen molar-refractivity contribution >= 4 is 51.2 Å². The molecule has 392 valence electrons. The topological polar surface area (TPSA) is 9.72 Å². The van der Waals surface area contributed by atoms with Gasteiger partial charge in [-0.1, -0.05) is 175 Å². The van der Waals surface area contributed by atoms with Crippen LogP contribution in [0.25, 0.3) is 22.3 Å². The smallest absolute Gasteiger partial charge is 0.0742 e. The zero-order valence-electron chi connectivity index (χ0n) is 47.9. The predicted octanol–water partition coefficient (Wildman–Crippen LogP) is 21.2. The fourth-order valence-electron chi connectivity index (χ4n) is 12.6. The molecule has 1 aliphatic heterocycles. The molecule has 0 unspecified atom stereocenters. The minimum Gasteiger partial charge on any atom is -0.310 e. The summed E-state index contributed by atoms with van der Waals surface area (Å²) >= 11 is 0. The van der Waals surface area contributed by atoms with Gasteiger partial charge in [0.1, 0.15) is 0 Å². The lowest BCUT2D eigenvalue weighted by Gasteiger charge is -2.47. The van der Waals surface area contributed by atoms with Crippen LogP contribution in [0, 0.1) is 69.2 Å². The van der Waals surface area contributed by atoms with E-state index in [4.69, 9.17) is 0 Å². The molecule has 0 saturated heterocycles. The van der Waals surface area contributed by atoms with E-state index in [1.807, 2.05) is 0 Å². The minimum absolute atomic E-state index is 0.738. The highest BCUT2D eigenvalue weighted by Gasteiger charge is 2.47. The fraction of sp³-hybridized carbons (Fsp3) is 0.143. The minimum atomic E-state index is -0.738. The molecule has 0 spiro atoms. The van der Waals surface area contributed by atoms with Crippen molar-refractivity contribution in [1.82, 2.24) is 0 Å². The second-order valence-corrected chi connectivity index (χ2v) is 22.3. The number of benzene rings is 11. The van der Waals surface area contributed by atoms with Crippen molar-refractivity contribution in [2.24, 2.45) is 0 Å². The van der Waals surface area contributed by atoms with Crippen molar-refractivity contribution in [1.29, 1.82) is 0 Å². The molecule has 11 aromatic carbocycles. The molecular formula is C77H69N3. The first-order chi connectivity index (χ1) is 38.8. The molecule has 80 heavy (non-hydrogen) atoms. The normalized spacial score (nSPS) is 12.4. The van der Waals surface area contributed by atoms with Crippen molar-refractivity contribution in [3.05, 3.63) is 314 Å². The number of aryl methyl sites for hydroxylation is 6. The zero-order chi connectivity index (χ0) is 55.4. The predicted molar refractivity (Wildman–Crippen MR) is 341 cm³/mol. The number of nitrogens with zero attached hydrogens (tertiary/aromatic N) is 3. The van der Waals surface area contributed by atoms with E-state index in [0.29, 0.717) is 0 Å². The number of hydrogen-bond donors (Lipinski definition) is 0. The van der Waals surface area contributed by atoms with E-state index >= 15 is 0 Å². The van der Waals surface area contributed by atoms with E-state index in [0.717, 1.165) is 39.8 Å². The summed E-state index contributed by atoms with van der Waals surface area (Å²) in [5.74, 6) is 0. The molecule has 0 saturated carbocycles. The third-order valence-corrected chi connectivity index (χ3v) is 17.3. The van der Waals surface area contributed by atoms with E-state index in [1.165, 1.54) is 112 Å². The molecule has 0 N–H and O–H groups in total. The van der Waals surface area contributed by atoms with Gasteiger partial charge >= 0.3 is 0 Å². The number of rotatable bonds is 11. The summed E-state index contributed by atoms with van der Waals surface area (Å²) in [6.07, 6.45) is 0. The third-order valence-electron chi connectivity index (χ3n) is 17.3. The monoisotopic (exact) mass is 1040 g/mol. The molecule has 0 aromatic heterocycles. The maximum Gasteiger partial charge on any atom is 0.0742 e. The van der Waals surface area contributed by atoms with Gasteiger partial charge in [0.15, 0.2) is 0 Å². The van der Waals surface area contributed by atoms with E-state index < -0.39 is 5.41 Å². The molecule has 1 heterocycles. The van der Waals surface area contributed by atoms with Crippen molar-refractivity contribution in [2.75, 3.05) is 14.7 Å². The lowest BCUT2D eigenvalue weighted by atomic mass is 9.62. The van der Waals surface area contributed by atoms with Crippen molar-refractivity contribution in [3.63, 3.8) is 0 Å².